The van der Waals surface area contributed by atoms with E-state index in [9.17, 15) is 0 Å². The lowest BCUT2D eigenvalue weighted by Crippen LogP contribution is -2.23. The molecule has 1 saturated carbocycles. The van der Waals surface area contributed by atoms with Gasteiger partial charge in [-0.15, -0.1) is 0 Å². The van der Waals surface area contributed by atoms with Crippen molar-refractivity contribution in [3.8, 4) is 0 Å². The Morgan fingerprint density at radius 3 is 2.92 bits per heavy atom. The van der Waals surface area contributed by atoms with E-state index in [4.69, 9.17) is 24.2 Å². The molecule has 0 heterocycles. The fraction of sp³-hybridized carbons (Fsp3) is 0.800. The SMILES string of the molecule is C[C@H]1CC(C)(S)[C@@H]2C(Cl)=CC[C@H]21. The van der Waals surface area contributed by atoms with Crippen molar-refractivity contribution in [2.75, 3.05) is 0 Å². The smallest absolute Gasteiger partial charge is 0.0188 e. The van der Waals surface area contributed by atoms with Crippen LogP contribution < -0.4 is 0 Å². The van der Waals surface area contributed by atoms with Crippen molar-refractivity contribution in [3.05, 3.63) is 11.1 Å². The van der Waals surface area contributed by atoms with E-state index >= 15 is 0 Å². The molecule has 1 unspecified atom stereocenters. The van der Waals surface area contributed by atoms with Gasteiger partial charge in [0.2, 0.25) is 0 Å². The molecule has 0 N–H and O–H groups in total. The number of hydrogen-bond acceptors (Lipinski definition) is 1. The molecule has 68 valence electrons. The van der Waals surface area contributed by atoms with Crippen LogP contribution in [0.2, 0.25) is 0 Å². The topological polar surface area (TPSA) is 0 Å². The zero-order valence-corrected chi connectivity index (χ0v) is 9.20. The maximum atomic E-state index is 6.18. The van der Waals surface area contributed by atoms with Crippen molar-refractivity contribution in [2.24, 2.45) is 17.8 Å². The van der Waals surface area contributed by atoms with Crippen LogP contribution in [-0.4, -0.2) is 4.75 Å². The van der Waals surface area contributed by atoms with E-state index in [0.29, 0.717) is 5.92 Å². The second kappa shape index (κ2) is 2.68. The normalized spacial score (nSPS) is 52.3. The van der Waals surface area contributed by atoms with Gasteiger partial charge in [-0.2, -0.15) is 12.6 Å². The Balaban J connectivity index is 2.31. The molecular formula is C10H15ClS. The van der Waals surface area contributed by atoms with Crippen LogP contribution in [0, 0.1) is 17.8 Å². The molecule has 0 aliphatic heterocycles. The molecule has 2 heteroatoms. The summed E-state index contributed by atoms with van der Waals surface area (Å²) in [6.07, 6.45) is 4.55. The summed E-state index contributed by atoms with van der Waals surface area (Å²) in [5.41, 5.74) is 0. The molecular weight excluding hydrogens is 188 g/mol. The van der Waals surface area contributed by atoms with E-state index < -0.39 is 0 Å². The first-order chi connectivity index (χ1) is 5.52. The van der Waals surface area contributed by atoms with Crippen molar-refractivity contribution >= 4 is 24.2 Å². The predicted molar refractivity (Wildman–Crippen MR) is 56.7 cm³/mol. The van der Waals surface area contributed by atoms with Crippen LogP contribution in [0.4, 0.5) is 0 Å². The summed E-state index contributed by atoms with van der Waals surface area (Å²) in [6, 6.07) is 0. The Morgan fingerprint density at radius 2 is 2.33 bits per heavy atom. The molecule has 2 aliphatic carbocycles. The first kappa shape index (κ1) is 8.96. The van der Waals surface area contributed by atoms with E-state index in [0.717, 1.165) is 16.9 Å². The van der Waals surface area contributed by atoms with E-state index in [1.807, 2.05) is 0 Å². The minimum absolute atomic E-state index is 0.133. The highest BCUT2D eigenvalue weighted by atomic mass is 35.5. The van der Waals surface area contributed by atoms with Gasteiger partial charge in [0.15, 0.2) is 0 Å². The summed E-state index contributed by atoms with van der Waals surface area (Å²) in [5, 5.41) is 1.06. The number of halogens is 1. The van der Waals surface area contributed by atoms with Crippen LogP contribution in [0.15, 0.2) is 11.1 Å². The minimum atomic E-state index is 0.133. The zero-order valence-electron chi connectivity index (χ0n) is 7.55. The van der Waals surface area contributed by atoms with Gasteiger partial charge in [0.05, 0.1) is 0 Å². The van der Waals surface area contributed by atoms with Gasteiger partial charge in [-0.1, -0.05) is 31.5 Å². The van der Waals surface area contributed by atoms with Crippen molar-refractivity contribution in [1.82, 2.24) is 0 Å². The minimum Gasteiger partial charge on any atom is -0.172 e. The van der Waals surface area contributed by atoms with E-state index in [2.05, 4.69) is 19.9 Å². The fourth-order valence-electron chi connectivity index (χ4n) is 2.97. The number of thiol groups is 1. The summed E-state index contributed by atoms with van der Waals surface area (Å²) in [4.78, 5) is 0. The number of fused-ring (bicyclic) bond motifs is 1. The molecule has 0 radical (unpaired) electrons. The summed E-state index contributed by atoms with van der Waals surface area (Å²) in [7, 11) is 0. The molecule has 0 bridgehead atoms. The van der Waals surface area contributed by atoms with Crippen LogP contribution in [0.1, 0.15) is 26.7 Å². The molecule has 0 nitrogen and oxygen atoms in total. The van der Waals surface area contributed by atoms with Crippen LogP contribution in [0.5, 0.6) is 0 Å². The van der Waals surface area contributed by atoms with Crippen LogP contribution in [0.3, 0.4) is 0 Å². The quantitative estimate of drug-likeness (QED) is 0.572. The molecule has 12 heavy (non-hydrogen) atoms. The third-order valence-corrected chi connectivity index (χ3v) is 4.30. The van der Waals surface area contributed by atoms with Crippen LogP contribution in [0.25, 0.3) is 0 Å². The largest absolute Gasteiger partial charge is 0.172 e. The van der Waals surface area contributed by atoms with Gasteiger partial charge >= 0.3 is 0 Å². The molecule has 0 saturated heterocycles. The van der Waals surface area contributed by atoms with Gasteiger partial charge < -0.3 is 0 Å². The molecule has 0 spiro atoms. The van der Waals surface area contributed by atoms with Crippen LogP contribution >= 0.6 is 24.2 Å². The molecule has 0 aromatic carbocycles. The van der Waals surface area contributed by atoms with Gasteiger partial charge in [0.1, 0.15) is 0 Å². The first-order valence-corrected chi connectivity index (χ1v) is 5.43. The van der Waals surface area contributed by atoms with Crippen molar-refractivity contribution in [3.63, 3.8) is 0 Å². The van der Waals surface area contributed by atoms with Crippen molar-refractivity contribution in [2.45, 2.75) is 31.4 Å². The molecule has 2 aliphatic rings. The lowest BCUT2D eigenvalue weighted by atomic mass is 9.91. The monoisotopic (exact) mass is 202 g/mol. The second-order valence-corrected chi connectivity index (χ2v) is 5.96. The zero-order chi connectivity index (χ0) is 8.93. The number of hydrogen-bond donors (Lipinski definition) is 1. The second-order valence-electron chi connectivity index (χ2n) is 4.50. The Morgan fingerprint density at radius 1 is 1.67 bits per heavy atom. The third-order valence-electron chi connectivity index (χ3n) is 3.45. The van der Waals surface area contributed by atoms with Gasteiger partial charge in [0, 0.05) is 15.7 Å². The van der Waals surface area contributed by atoms with E-state index in [1.165, 1.54) is 12.8 Å². The average molecular weight is 203 g/mol. The summed E-state index contributed by atoms with van der Waals surface area (Å²) in [5.74, 6) is 2.07. The summed E-state index contributed by atoms with van der Waals surface area (Å²) >= 11 is 10.9. The summed E-state index contributed by atoms with van der Waals surface area (Å²) in [6.45, 7) is 4.54. The predicted octanol–water partition coefficient (Wildman–Crippen LogP) is 3.47. The third kappa shape index (κ3) is 1.13. The van der Waals surface area contributed by atoms with Gasteiger partial charge in [0.25, 0.3) is 0 Å². The Labute approximate surface area is 84.8 Å². The van der Waals surface area contributed by atoms with Gasteiger partial charge in [-0.05, 0) is 24.7 Å². The highest BCUT2D eigenvalue weighted by molar-refractivity contribution is 7.81. The summed E-state index contributed by atoms with van der Waals surface area (Å²) < 4.78 is 0.133. The number of allylic oxidation sites excluding steroid dienone is 2. The van der Waals surface area contributed by atoms with Crippen molar-refractivity contribution < 1.29 is 0 Å². The van der Waals surface area contributed by atoms with E-state index in [1.54, 1.807) is 0 Å². The fourth-order valence-corrected chi connectivity index (χ4v) is 4.15. The van der Waals surface area contributed by atoms with Crippen LogP contribution in [-0.2, 0) is 0 Å². The van der Waals surface area contributed by atoms with Gasteiger partial charge in [-0.3, -0.25) is 0 Å². The highest BCUT2D eigenvalue weighted by Crippen LogP contribution is 2.56. The highest BCUT2D eigenvalue weighted by Gasteiger charge is 2.50. The average Bonchev–Trinajstić information content (AvgIpc) is 2.38. The molecule has 4 atom stereocenters. The lowest BCUT2D eigenvalue weighted by Gasteiger charge is -2.25. The molecule has 2 rings (SSSR count). The first-order valence-electron chi connectivity index (χ1n) is 4.60. The Bertz CT molecular complexity index is 232. The Kier molecular flexibility index (Phi) is 2.00. The molecule has 0 amide bonds. The lowest BCUT2D eigenvalue weighted by molar-refractivity contribution is 0.386. The van der Waals surface area contributed by atoms with Crippen molar-refractivity contribution in [1.29, 1.82) is 0 Å². The standard InChI is InChI=1S/C10H15ClS/c1-6-5-10(2,12)9-7(6)3-4-8(9)11/h4,6-7,9,12H,3,5H2,1-2H3/t6-,7-,9-,10?/m0/s1. The molecule has 1 fully saturated rings. The number of rotatable bonds is 0. The Hall–Kier alpha value is 0.380. The van der Waals surface area contributed by atoms with E-state index in [-0.39, 0.29) is 4.75 Å². The molecule has 0 aromatic rings. The van der Waals surface area contributed by atoms with Gasteiger partial charge in [-0.25, -0.2) is 0 Å². The molecule has 0 aromatic heterocycles. The maximum Gasteiger partial charge on any atom is 0.0188 e. The maximum absolute atomic E-state index is 6.18.